The van der Waals surface area contributed by atoms with Crippen LogP contribution in [0.1, 0.15) is 5.56 Å². The van der Waals surface area contributed by atoms with Crippen LogP contribution in [-0.2, 0) is 0 Å². The average molecular weight is 383 g/mol. The molecule has 3 aromatic carbocycles. The van der Waals surface area contributed by atoms with Crippen molar-refractivity contribution >= 4 is 46.2 Å². The number of phenolic OH excluding ortho intramolecular Hbond substituents is 1. The number of benzene rings is 3. The van der Waals surface area contributed by atoms with Gasteiger partial charge in [-0.2, -0.15) is 0 Å². The molecule has 0 unspecified atom stereocenters. The van der Waals surface area contributed by atoms with Crippen molar-refractivity contribution in [2.45, 2.75) is 0 Å². The molecular weight excluding hydrogens is 371 g/mol. The fourth-order valence-electron chi connectivity index (χ4n) is 2.52. The van der Waals surface area contributed by atoms with Crippen LogP contribution in [-0.4, -0.2) is 16.3 Å². The van der Waals surface area contributed by atoms with Crippen LogP contribution in [0.5, 0.6) is 5.75 Å². The molecule has 0 aliphatic heterocycles. The lowest BCUT2D eigenvalue weighted by atomic mass is 10.2. The average Bonchev–Trinajstić information content (AvgIpc) is 3.04. The highest BCUT2D eigenvalue weighted by Crippen LogP contribution is 2.32. The molecule has 0 aliphatic carbocycles. The Kier molecular flexibility index (Phi) is 4.37. The lowest BCUT2D eigenvalue weighted by Crippen LogP contribution is -1.81. The highest BCUT2D eigenvalue weighted by molar-refractivity contribution is 6.36. The zero-order valence-corrected chi connectivity index (χ0v) is 14.9. The predicted octanol–water partition coefficient (Wildman–Crippen LogP) is 6.26. The molecule has 0 amide bonds. The number of phenols is 1. The van der Waals surface area contributed by atoms with Crippen LogP contribution in [0.25, 0.3) is 22.6 Å². The van der Waals surface area contributed by atoms with Gasteiger partial charge < -0.3 is 9.52 Å². The number of halogens is 2. The molecule has 0 atom stereocenters. The number of para-hydroxylation sites is 1. The minimum absolute atomic E-state index is 0.179. The van der Waals surface area contributed by atoms with Crippen LogP contribution in [0.2, 0.25) is 10.0 Å². The Morgan fingerprint density at radius 1 is 1.00 bits per heavy atom. The van der Waals surface area contributed by atoms with Crippen LogP contribution in [0.15, 0.2) is 70.1 Å². The van der Waals surface area contributed by atoms with Crippen molar-refractivity contribution in [1.82, 2.24) is 4.98 Å². The highest BCUT2D eigenvalue weighted by Gasteiger charge is 2.12. The first kappa shape index (κ1) is 16.6. The zero-order chi connectivity index (χ0) is 18.1. The normalized spacial score (nSPS) is 11.5. The Morgan fingerprint density at radius 2 is 1.85 bits per heavy atom. The molecule has 1 N–H and O–H groups in total. The number of hydrogen-bond acceptors (Lipinski definition) is 4. The Labute approximate surface area is 159 Å². The summed E-state index contributed by atoms with van der Waals surface area (Å²) in [6.45, 7) is 0. The monoisotopic (exact) mass is 382 g/mol. The van der Waals surface area contributed by atoms with Gasteiger partial charge in [-0.05, 0) is 48.5 Å². The Balaban J connectivity index is 1.69. The first-order valence-corrected chi connectivity index (χ1v) is 8.54. The summed E-state index contributed by atoms with van der Waals surface area (Å²) in [4.78, 5) is 8.88. The van der Waals surface area contributed by atoms with E-state index in [-0.39, 0.29) is 5.75 Å². The van der Waals surface area contributed by atoms with E-state index >= 15 is 0 Å². The van der Waals surface area contributed by atoms with E-state index < -0.39 is 0 Å². The zero-order valence-electron chi connectivity index (χ0n) is 13.4. The van der Waals surface area contributed by atoms with E-state index in [9.17, 15) is 5.11 Å². The summed E-state index contributed by atoms with van der Waals surface area (Å²) in [5, 5.41) is 10.8. The second-order valence-corrected chi connectivity index (χ2v) is 6.46. The van der Waals surface area contributed by atoms with E-state index in [0.29, 0.717) is 43.9 Å². The summed E-state index contributed by atoms with van der Waals surface area (Å²) < 4.78 is 5.78. The number of aromatic hydroxyl groups is 1. The Hall–Kier alpha value is -2.82. The molecule has 0 radical (unpaired) electrons. The van der Waals surface area contributed by atoms with Crippen molar-refractivity contribution in [2.75, 3.05) is 0 Å². The van der Waals surface area contributed by atoms with Crippen LogP contribution in [0.3, 0.4) is 0 Å². The van der Waals surface area contributed by atoms with E-state index in [0.717, 1.165) is 0 Å². The van der Waals surface area contributed by atoms with Crippen molar-refractivity contribution in [1.29, 1.82) is 0 Å². The molecule has 0 spiro atoms. The SMILES string of the molecule is Oc1ccccc1C=Nc1ccc2oc(-c3ccc(Cl)cc3Cl)nc2c1. The smallest absolute Gasteiger partial charge is 0.228 e. The number of nitrogens with zero attached hydrogens (tertiary/aromatic N) is 2. The molecule has 1 heterocycles. The third-order valence-corrected chi connectivity index (χ3v) is 4.37. The van der Waals surface area contributed by atoms with Crippen molar-refractivity contribution in [3.63, 3.8) is 0 Å². The predicted molar refractivity (Wildman–Crippen MR) is 105 cm³/mol. The molecule has 0 fully saturated rings. The van der Waals surface area contributed by atoms with Gasteiger partial charge >= 0.3 is 0 Å². The van der Waals surface area contributed by atoms with E-state index in [1.165, 1.54) is 0 Å². The lowest BCUT2D eigenvalue weighted by molar-refractivity contribution is 0.474. The molecule has 0 saturated heterocycles. The Bertz CT molecular complexity index is 1140. The quantitative estimate of drug-likeness (QED) is 0.425. The van der Waals surface area contributed by atoms with Gasteiger partial charge in [0.2, 0.25) is 5.89 Å². The maximum Gasteiger partial charge on any atom is 0.228 e. The van der Waals surface area contributed by atoms with Crippen LogP contribution >= 0.6 is 23.2 Å². The molecule has 26 heavy (non-hydrogen) atoms. The van der Waals surface area contributed by atoms with E-state index in [2.05, 4.69) is 9.98 Å². The van der Waals surface area contributed by atoms with Crippen molar-refractivity contribution in [3.8, 4) is 17.2 Å². The molecule has 128 valence electrons. The minimum Gasteiger partial charge on any atom is -0.507 e. The fraction of sp³-hybridized carbons (Fsp3) is 0. The third kappa shape index (κ3) is 3.29. The number of rotatable bonds is 3. The largest absolute Gasteiger partial charge is 0.507 e. The molecule has 4 nitrogen and oxygen atoms in total. The van der Waals surface area contributed by atoms with Crippen molar-refractivity contribution in [2.24, 2.45) is 4.99 Å². The number of aliphatic imine (C=N–C) groups is 1. The van der Waals surface area contributed by atoms with Gasteiger partial charge in [0.1, 0.15) is 11.3 Å². The summed E-state index contributed by atoms with van der Waals surface area (Å²) in [6.07, 6.45) is 1.60. The van der Waals surface area contributed by atoms with Crippen molar-refractivity contribution < 1.29 is 9.52 Å². The maximum absolute atomic E-state index is 9.79. The van der Waals surface area contributed by atoms with E-state index in [1.54, 1.807) is 48.7 Å². The van der Waals surface area contributed by atoms with Crippen LogP contribution in [0, 0.1) is 0 Å². The summed E-state index contributed by atoms with van der Waals surface area (Å²) in [5.74, 6) is 0.599. The van der Waals surface area contributed by atoms with E-state index in [1.807, 2.05) is 18.2 Å². The van der Waals surface area contributed by atoms with Crippen LogP contribution < -0.4 is 0 Å². The molecule has 0 bridgehead atoms. The van der Waals surface area contributed by atoms with E-state index in [4.69, 9.17) is 27.6 Å². The summed E-state index contributed by atoms with van der Waals surface area (Å²) in [5.41, 5.74) is 3.31. The summed E-state index contributed by atoms with van der Waals surface area (Å²) >= 11 is 12.2. The van der Waals surface area contributed by atoms with Crippen molar-refractivity contribution in [3.05, 3.63) is 76.3 Å². The minimum atomic E-state index is 0.179. The fourth-order valence-corrected chi connectivity index (χ4v) is 3.00. The number of fused-ring (bicyclic) bond motifs is 1. The third-order valence-electron chi connectivity index (χ3n) is 3.82. The van der Waals surface area contributed by atoms with Gasteiger partial charge in [-0.15, -0.1) is 0 Å². The van der Waals surface area contributed by atoms with Gasteiger partial charge in [0.25, 0.3) is 0 Å². The van der Waals surface area contributed by atoms with Gasteiger partial charge in [0.05, 0.1) is 16.3 Å². The Morgan fingerprint density at radius 3 is 2.65 bits per heavy atom. The number of hydrogen-bond donors (Lipinski definition) is 1. The molecule has 6 heteroatoms. The maximum atomic E-state index is 9.79. The summed E-state index contributed by atoms with van der Waals surface area (Å²) in [7, 11) is 0. The highest BCUT2D eigenvalue weighted by atomic mass is 35.5. The van der Waals surface area contributed by atoms with Gasteiger partial charge in [0.15, 0.2) is 5.58 Å². The molecule has 0 saturated carbocycles. The number of aromatic nitrogens is 1. The topological polar surface area (TPSA) is 58.6 Å². The van der Waals surface area contributed by atoms with Gasteiger partial charge in [-0.1, -0.05) is 35.3 Å². The first-order chi connectivity index (χ1) is 12.6. The molecule has 4 rings (SSSR count). The van der Waals surface area contributed by atoms with Gasteiger partial charge in [0, 0.05) is 16.8 Å². The lowest BCUT2D eigenvalue weighted by Gasteiger charge is -1.98. The first-order valence-electron chi connectivity index (χ1n) is 7.78. The second kappa shape index (κ2) is 6.83. The summed E-state index contributed by atoms with van der Waals surface area (Å²) in [6, 6.07) is 17.6. The molecule has 0 aliphatic rings. The second-order valence-electron chi connectivity index (χ2n) is 5.61. The molecular formula is C20H12Cl2N2O2. The van der Waals surface area contributed by atoms with Crippen LogP contribution in [0.4, 0.5) is 5.69 Å². The van der Waals surface area contributed by atoms with Gasteiger partial charge in [-0.3, -0.25) is 4.99 Å². The molecule has 1 aromatic heterocycles. The number of oxazole rings is 1. The molecule has 4 aromatic rings. The standard InChI is InChI=1S/C20H12Cl2N2O2/c21-13-5-7-15(16(22)9-13)20-24-17-10-14(6-8-19(17)26-20)23-11-12-3-1-2-4-18(12)25/h1-11,25H. The van der Waals surface area contributed by atoms with Gasteiger partial charge in [-0.25, -0.2) is 4.98 Å².